The maximum Gasteiger partial charge on any atom is 0.275 e. The van der Waals surface area contributed by atoms with Crippen LogP contribution >= 0.6 is 0 Å². The summed E-state index contributed by atoms with van der Waals surface area (Å²) in [6, 6.07) is 4.41. The molecule has 0 aromatic carbocycles. The van der Waals surface area contributed by atoms with Crippen LogP contribution in [0, 0.1) is 11.6 Å². The molecule has 1 fully saturated rings. The van der Waals surface area contributed by atoms with Crippen molar-refractivity contribution in [3.63, 3.8) is 0 Å². The lowest BCUT2D eigenvalue weighted by atomic mass is 10.1. The number of carbonyl (C=O) groups is 1. The standard InChI is InChI=1S/C17H17F2N3O2/c18-13-7-15(19)16(21-9-13)17(23)22-6-2-4-14(10-22)24-11-12-3-1-5-20-8-12/h1,3,5,7-9,14H,2,4,6,10-11H2/t14-/m1/s1. The lowest BCUT2D eigenvalue weighted by Crippen LogP contribution is -2.43. The number of hydrogen-bond donors (Lipinski definition) is 0. The Kier molecular flexibility index (Phi) is 5.10. The fourth-order valence-electron chi connectivity index (χ4n) is 2.68. The topological polar surface area (TPSA) is 55.3 Å². The Balaban J connectivity index is 1.61. The van der Waals surface area contributed by atoms with Gasteiger partial charge in [-0.25, -0.2) is 13.8 Å². The molecule has 2 aromatic rings. The molecule has 3 heterocycles. The summed E-state index contributed by atoms with van der Waals surface area (Å²) >= 11 is 0. The van der Waals surface area contributed by atoms with Crippen molar-refractivity contribution in [1.29, 1.82) is 0 Å². The zero-order valence-corrected chi connectivity index (χ0v) is 13.0. The molecule has 24 heavy (non-hydrogen) atoms. The molecule has 1 aliphatic rings. The van der Waals surface area contributed by atoms with Crippen LogP contribution in [0.3, 0.4) is 0 Å². The molecule has 0 spiro atoms. The van der Waals surface area contributed by atoms with E-state index in [0.717, 1.165) is 24.6 Å². The Bertz CT molecular complexity index is 712. The molecule has 0 unspecified atom stereocenters. The van der Waals surface area contributed by atoms with Gasteiger partial charge in [0.05, 0.1) is 18.9 Å². The number of pyridine rings is 2. The van der Waals surface area contributed by atoms with Gasteiger partial charge in [0.15, 0.2) is 11.5 Å². The van der Waals surface area contributed by atoms with Crippen LogP contribution in [-0.2, 0) is 11.3 Å². The summed E-state index contributed by atoms with van der Waals surface area (Å²) in [6.45, 7) is 1.27. The van der Waals surface area contributed by atoms with Crippen molar-refractivity contribution in [2.24, 2.45) is 0 Å². The Labute approximate surface area is 138 Å². The van der Waals surface area contributed by atoms with Crippen LogP contribution in [0.25, 0.3) is 0 Å². The van der Waals surface area contributed by atoms with Crippen LogP contribution in [0.1, 0.15) is 28.9 Å². The molecule has 1 aliphatic heterocycles. The fraction of sp³-hybridized carbons (Fsp3) is 0.353. The van der Waals surface area contributed by atoms with E-state index in [0.29, 0.717) is 25.8 Å². The molecule has 3 rings (SSSR count). The number of halogens is 2. The second kappa shape index (κ2) is 7.44. The number of carbonyl (C=O) groups excluding carboxylic acids is 1. The summed E-state index contributed by atoms with van der Waals surface area (Å²) in [4.78, 5) is 21.5. The predicted octanol–water partition coefficient (Wildman–Crippen LogP) is 2.58. The van der Waals surface area contributed by atoms with E-state index in [-0.39, 0.29) is 11.8 Å². The summed E-state index contributed by atoms with van der Waals surface area (Å²) < 4.78 is 32.5. The number of aromatic nitrogens is 2. The van der Waals surface area contributed by atoms with E-state index in [1.807, 2.05) is 12.1 Å². The first-order chi connectivity index (χ1) is 11.6. The first kappa shape index (κ1) is 16.4. The second-order valence-electron chi connectivity index (χ2n) is 5.67. The van der Waals surface area contributed by atoms with Gasteiger partial charge in [-0.1, -0.05) is 6.07 Å². The highest BCUT2D eigenvalue weighted by Gasteiger charge is 2.27. The number of amides is 1. The third kappa shape index (κ3) is 3.91. The van der Waals surface area contributed by atoms with E-state index in [1.165, 1.54) is 4.90 Å². The largest absolute Gasteiger partial charge is 0.372 e. The molecule has 0 N–H and O–H groups in total. The average molecular weight is 333 g/mol. The van der Waals surface area contributed by atoms with E-state index in [1.54, 1.807) is 12.4 Å². The van der Waals surface area contributed by atoms with Crippen LogP contribution in [0.2, 0.25) is 0 Å². The zero-order chi connectivity index (χ0) is 16.9. The Morgan fingerprint density at radius 1 is 1.38 bits per heavy atom. The Morgan fingerprint density at radius 3 is 3.00 bits per heavy atom. The molecular formula is C17H17F2N3O2. The molecule has 0 saturated carbocycles. The van der Waals surface area contributed by atoms with Crippen molar-refractivity contribution in [3.8, 4) is 0 Å². The number of likely N-dealkylation sites (tertiary alicyclic amines) is 1. The molecule has 1 saturated heterocycles. The fourth-order valence-corrected chi connectivity index (χ4v) is 2.68. The van der Waals surface area contributed by atoms with Crippen LogP contribution in [0.5, 0.6) is 0 Å². The van der Waals surface area contributed by atoms with Crippen molar-refractivity contribution >= 4 is 5.91 Å². The van der Waals surface area contributed by atoms with Gasteiger partial charge in [0.1, 0.15) is 5.82 Å². The maximum atomic E-state index is 13.7. The summed E-state index contributed by atoms with van der Waals surface area (Å²) in [5.74, 6) is -2.29. The van der Waals surface area contributed by atoms with Gasteiger partial charge in [-0.3, -0.25) is 9.78 Å². The van der Waals surface area contributed by atoms with Gasteiger partial charge in [0.2, 0.25) is 0 Å². The van der Waals surface area contributed by atoms with Gasteiger partial charge in [-0.2, -0.15) is 0 Å². The zero-order valence-electron chi connectivity index (χ0n) is 13.0. The molecule has 0 aliphatic carbocycles. The van der Waals surface area contributed by atoms with Gasteiger partial charge in [-0.15, -0.1) is 0 Å². The number of ether oxygens (including phenoxy) is 1. The van der Waals surface area contributed by atoms with Crippen LogP contribution in [0.4, 0.5) is 8.78 Å². The van der Waals surface area contributed by atoms with Crippen molar-refractivity contribution in [3.05, 3.63) is 59.7 Å². The number of hydrogen-bond acceptors (Lipinski definition) is 4. The van der Waals surface area contributed by atoms with E-state index in [2.05, 4.69) is 9.97 Å². The average Bonchev–Trinajstić information content (AvgIpc) is 2.61. The Morgan fingerprint density at radius 2 is 2.25 bits per heavy atom. The molecule has 0 bridgehead atoms. The predicted molar refractivity (Wildman–Crippen MR) is 82.1 cm³/mol. The molecular weight excluding hydrogens is 316 g/mol. The highest BCUT2D eigenvalue weighted by molar-refractivity contribution is 5.92. The molecule has 5 nitrogen and oxygen atoms in total. The summed E-state index contributed by atoms with van der Waals surface area (Å²) in [7, 11) is 0. The van der Waals surface area contributed by atoms with E-state index in [4.69, 9.17) is 4.74 Å². The minimum atomic E-state index is -0.946. The SMILES string of the molecule is O=C(c1ncc(F)cc1F)N1CCC[C@@H](OCc2cccnc2)C1. The highest BCUT2D eigenvalue weighted by Crippen LogP contribution is 2.18. The lowest BCUT2D eigenvalue weighted by Gasteiger charge is -2.32. The maximum absolute atomic E-state index is 13.7. The van der Waals surface area contributed by atoms with Gasteiger partial charge < -0.3 is 9.64 Å². The van der Waals surface area contributed by atoms with Gasteiger partial charge in [0.25, 0.3) is 5.91 Å². The normalized spacial score (nSPS) is 17.8. The monoisotopic (exact) mass is 333 g/mol. The van der Waals surface area contributed by atoms with E-state index >= 15 is 0 Å². The summed E-state index contributed by atoms with van der Waals surface area (Å²) in [5.41, 5.74) is 0.594. The first-order valence-corrected chi connectivity index (χ1v) is 7.74. The number of nitrogens with zero attached hydrogens (tertiary/aromatic N) is 3. The highest BCUT2D eigenvalue weighted by atomic mass is 19.1. The van der Waals surface area contributed by atoms with Crippen molar-refractivity contribution in [2.75, 3.05) is 13.1 Å². The lowest BCUT2D eigenvalue weighted by molar-refractivity contribution is -0.00711. The third-order valence-electron chi connectivity index (χ3n) is 3.88. The molecule has 1 atom stereocenters. The van der Waals surface area contributed by atoms with Crippen molar-refractivity contribution in [2.45, 2.75) is 25.6 Å². The quantitative estimate of drug-likeness (QED) is 0.863. The second-order valence-corrected chi connectivity index (χ2v) is 5.67. The Hall–Kier alpha value is -2.41. The number of rotatable bonds is 4. The van der Waals surface area contributed by atoms with Crippen LogP contribution < -0.4 is 0 Å². The third-order valence-corrected chi connectivity index (χ3v) is 3.88. The van der Waals surface area contributed by atoms with Gasteiger partial charge in [0, 0.05) is 31.5 Å². The summed E-state index contributed by atoms with van der Waals surface area (Å²) in [5, 5.41) is 0. The molecule has 0 radical (unpaired) electrons. The minimum Gasteiger partial charge on any atom is -0.372 e. The first-order valence-electron chi connectivity index (χ1n) is 7.74. The van der Waals surface area contributed by atoms with E-state index < -0.39 is 17.5 Å². The van der Waals surface area contributed by atoms with Crippen LogP contribution in [-0.4, -0.2) is 40.0 Å². The summed E-state index contributed by atoms with van der Waals surface area (Å²) in [6.07, 6.45) is 5.70. The van der Waals surface area contributed by atoms with Crippen molar-refractivity contribution < 1.29 is 18.3 Å². The van der Waals surface area contributed by atoms with Crippen LogP contribution in [0.15, 0.2) is 36.8 Å². The minimum absolute atomic E-state index is 0.133. The molecule has 126 valence electrons. The molecule has 7 heteroatoms. The smallest absolute Gasteiger partial charge is 0.275 e. The molecule has 1 amide bonds. The van der Waals surface area contributed by atoms with Gasteiger partial charge in [-0.05, 0) is 24.5 Å². The van der Waals surface area contributed by atoms with Crippen molar-refractivity contribution in [1.82, 2.24) is 14.9 Å². The molecule has 2 aromatic heterocycles. The van der Waals surface area contributed by atoms with Gasteiger partial charge >= 0.3 is 0 Å². The van der Waals surface area contributed by atoms with E-state index in [9.17, 15) is 13.6 Å². The number of piperidine rings is 1.